The Bertz CT molecular complexity index is 1130. The summed E-state index contributed by atoms with van der Waals surface area (Å²) >= 11 is -1.59. The summed E-state index contributed by atoms with van der Waals surface area (Å²) in [5.74, 6) is 0.521. The number of nitro benzene ring substituents is 1. The number of aryl methyl sites for hydroxylation is 1. The zero-order valence-electron chi connectivity index (χ0n) is 18.5. The van der Waals surface area contributed by atoms with Crippen LogP contribution in [0.5, 0.6) is 0 Å². The lowest BCUT2D eigenvalue weighted by Gasteiger charge is -2.33. The molecule has 2 unspecified atom stereocenters. The van der Waals surface area contributed by atoms with Gasteiger partial charge in [-0.2, -0.15) is 0 Å². The van der Waals surface area contributed by atoms with Crippen LogP contribution >= 0.6 is 0 Å². The van der Waals surface area contributed by atoms with E-state index in [1.165, 1.54) is 12.1 Å². The molecule has 1 amide bonds. The van der Waals surface area contributed by atoms with Crippen LogP contribution in [-0.4, -0.2) is 44.4 Å². The molecule has 33 heavy (non-hydrogen) atoms. The Hall–Kier alpha value is -2.88. The largest absolute Gasteiger partial charge is 0.593 e. The summed E-state index contributed by atoms with van der Waals surface area (Å²) in [5, 5.41) is 12.0. The van der Waals surface area contributed by atoms with E-state index in [9.17, 15) is 19.5 Å². The number of carbonyl (C=O) groups is 1. The molecular weight excluding hydrogens is 440 g/mol. The fraction of sp³-hybridized carbons (Fsp3) is 0.375. The molecule has 2 N–H and O–H groups in total. The molecule has 0 saturated carbocycles. The number of nitrogens with one attached hydrogen (secondary N) is 2. The molecule has 0 aliphatic carbocycles. The van der Waals surface area contributed by atoms with Crippen LogP contribution in [-0.2, 0) is 22.6 Å². The van der Waals surface area contributed by atoms with Gasteiger partial charge in [-0.25, -0.2) is 0 Å². The van der Waals surface area contributed by atoms with Gasteiger partial charge in [0, 0.05) is 31.4 Å². The van der Waals surface area contributed by atoms with E-state index >= 15 is 0 Å². The van der Waals surface area contributed by atoms with Gasteiger partial charge in [0.25, 0.3) is 5.69 Å². The van der Waals surface area contributed by atoms with Crippen molar-refractivity contribution < 1.29 is 14.3 Å². The van der Waals surface area contributed by atoms with Crippen molar-refractivity contribution in [2.24, 2.45) is 5.92 Å². The molecule has 1 saturated heterocycles. The Morgan fingerprint density at radius 2 is 2.00 bits per heavy atom. The van der Waals surface area contributed by atoms with Gasteiger partial charge in [-0.05, 0) is 55.4 Å². The van der Waals surface area contributed by atoms with Gasteiger partial charge in [-0.1, -0.05) is 25.1 Å². The van der Waals surface area contributed by atoms with Gasteiger partial charge in [0.2, 0.25) is 5.91 Å². The zero-order valence-corrected chi connectivity index (χ0v) is 19.3. The Morgan fingerprint density at radius 3 is 2.76 bits per heavy atom. The van der Waals surface area contributed by atoms with E-state index in [1.807, 2.05) is 29.2 Å². The number of likely N-dealkylation sites (tertiary alicyclic amines) is 1. The molecule has 1 fully saturated rings. The van der Waals surface area contributed by atoms with Crippen molar-refractivity contribution in [2.75, 3.05) is 13.1 Å². The highest BCUT2D eigenvalue weighted by Gasteiger charge is 2.31. The minimum atomic E-state index is -1.59. The third kappa shape index (κ3) is 5.55. The molecule has 0 radical (unpaired) electrons. The summed E-state index contributed by atoms with van der Waals surface area (Å²) < 4.78 is 16.4. The summed E-state index contributed by atoms with van der Waals surface area (Å²) in [7, 11) is 0. The number of piperidine rings is 1. The Balaban J connectivity index is 1.53. The van der Waals surface area contributed by atoms with E-state index in [0.717, 1.165) is 29.3 Å². The van der Waals surface area contributed by atoms with Crippen LogP contribution in [0, 0.1) is 16.0 Å². The van der Waals surface area contributed by atoms with E-state index in [1.54, 1.807) is 18.3 Å². The number of H-pyrrole nitrogens is 1. The van der Waals surface area contributed by atoms with E-state index in [2.05, 4.69) is 16.6 Å². The van der Waals surface area contributed by atoms with E-state index in [-0.39, 0.29) is 11.6 Å². The summed E-state index contributed by atoms with van der Waals surface area (Å²) in [5.41, 5.74) is 1.68. The Morgan fingerprint density at radius 1 is 1.24 bits per heavy atom. The molecule has 9 heteroatoms. The first-order valence-corrected chi connectivity index (χ1v) is 12.3. The van der Waals surface area contributed by atoms with Gasteiger partial charge in [0.1, 0.15) is 6.04 Å². The van der Waals surface area contributed by atoms with Crippen molar-refractivity contribution in [3.05, 3.63) is 70.4 Å². The predicted molar refractivity (Wildman–Crippen MR) is 128 cm³/mol. The molecule has 2 atom stereocenters. The number of fused-ring (bicyclic) bond motifs is 1. The molecule has 1 aromatic heterocycles. The maximum absolute atomic E-state index is 13.4. The molecule has 0 spiro atoms. The molecule has 3 aromatic rings. The number of amides is 1. The minimum Gasteiger partial charge on any atom is -0.593 e. The normalized spacial score (nSPS) is 16.6. The number of non-ortho nitro benzene ring substituents is 1. The molecule has 0 bridgehead atoms. The lowest BCUT2D eigenvalue weighted by atomic mass is 9.98. The topological polar surface area (TPSA) is 114 Å². The summed E-state index contributed by atoms with van der Waals surface area (Å²) in [6.07, 6.45) is 4.55. The third-order valence-corrected chi connectivity index (χ3v) is 7.49. The van der Waals surface area contributed by atoms with Crippen molar-refractivity contribution in [2.45, 2.75) is 43.5 Å². The van der Waals surface area contributed by atoms with Crippen molar-refractivity contribution >= 4 is 33.9 Å². The monoisotopic (exact) mass is 468 g/mol. The highest BCUT2D eigenvalue weighted by atomic mass is 32.2. The minimum absolute atomic E-state index is 0.0241. The second-order valence-electron chi connectivity index (χ2n) is 8.61. The number of nitro groups is 1. The van der Waals surface area contributed by atoms with Crippen molar-refractivity contribution in [1.29, 1.82) is 0 Å². The molecule has 1 aliphatic rings. The first kappa shape index (κ1) is 23.3. The second-order valence-corrected chi connectivity index (χ2v) is 9.82. The summed E-state index contributed by atoms with van der Waals surface area (Å²) in [6, 6.07) is 13.2. The number of benzene rings is 2. The fourth-order valence-electron chi connectivity index (χ4n) is 4.23. The molecule has 2 aromatic carbocycles. The molecule has 8 nitrogen and oxygen atoms in total. The zero-order chi connectivity index (χ0) is 23.4. The Kier molecular flexibility index (Phi) is 7.32. The fourth-order valence-corrected chi connectivity index (χ4v) is 5.41. The number of nitrogens with zero attached hydrogens (tertiary/aromatic N) is 2. The lowest BCUT2D eigenvalue weighted by molar-refractivity contribution is -0.384. The van der Waals surface area contributed by atoms with E-state index in [0.29, 0.717) is 36.7 Å². The van der Waals surface area contributed by atoms with Crippen LogP contribution in [0.25, 0.3) is 10.9 Å². The van der Waals surface area contributed by atoms with E-state index < -0.39 is 22.3 Å². The predicted octanol–water partition coefficient (Wildman–Crippen LogP) is 3.95. The van der Waals surface area contributed by atoms with Gasteiger partial charge in [0.15, 0.2) is 4.90 Å². The number of rotatable bonds is 8. The second kappa shape index (κ2) is 10.4. The summed E-state index contributed by atoms with van der Waals surface area (Å²) in [4.78, 5) is 29.7. The highest BCUT2D eigenvalue weighted by molar-refractivity contribution is 7.89. The standard InChI is InChI=1S/C24H28N4O4S/c1-17-11-14-27(15-12-17)24(29)22(9-8-18-4-2-5-19(16-18)28(30)31)26-33(32)23-7-3-6-21-20(23)10-13-25-21/h2-7,10,13,16-17,22,25-26H,8-9,11-12,14-15H2,1H3. The maximum Gasteiger partial charge on any atom is 0.269 e. The lowest BCUT2D eigenvalue weighted by Crippen LogP contribution is -2.50. The average molecular weight is 469 g/mol. The molecular formula is C24H28N4O4S. The van der Waals surface area contributed by atoms with E-state index in [4.69, 9.17) is 0 Å². The molecule has 1 aliphatic heterocycles. The molecule has 4 rings (SSSR count). The number of hydrogen-bond donors (Lipinski definition) is 2. The summed E-state index contributed by atoms with van der Waals surface area (Å²) in [6.45, 7) is 3.57. The van der Waals surface area contributed by atoms with Crippen molar-refractivity contribution in [1.82, 2.24) is 14.6 Å². The van der Waals surface area contributed by atoms with Gasteiger partial charge in [0.05, 0.1) is 27.2 Å². The smallest absolute Gasteiger partial charge is 0.269 e. The van der Waals surface area contributed by atoms with Crippen LogP contribution in [0.15, 0.2) is 59.6 Å². The molecule has 2 heterocycles. The van der Waals surface area contributed by atoms with Crippen LogP contribution in [0.3, 0.4) is 0 Å². The highest BCUT2D eigenvalue weighted by Crippen LogP contribution is 2.24. The van der Waals surface area contributed by atoms with Crippen LogP contribution < -0.4 is 4.72 Å². The number of aromatic nitrogens is 1. The third-order valence-electron chi connectivity index (χ3n) is 6.24. The first-order valence-electron chi connectivity index (χ1n) is 11.2. The maximum atomic E-state index is 13.4. The quantitative estimate of drug-likeness (QED) is 0.295. The van der Waals surface area contributed by atoms with Crippen LogP contribution in [0.1, 0.15) is 31.7 Å². The number of carbonyl (C=O) groups excluding carboxylic acids is 1. The average Bonchev–Trinajstić information content (AvgIpc) is 3.31. The van der Waals surface area contributed by atoms with Crippen LogP contribution in [0.4, 0.5) is 5.69 Å². The Labute approximate surface area is 195 Å². The van der Waals surface area contributed by atoms with Crippen molar-refractivity contribution in [3.8, 4) is 0 Å². The van der Waals surface area contributed by atoms with Crippen molar-refractivity contribution in [3.63, 3.8) is 0 Å². The van der Waals surface area contributed by atoms with Gasteiger partial charge < -0.3 is 14.4 Å². The van der Waals surface area contributed by atoms with Gasteiger partial charge in [-0.3, -0.25) is 14.9 Å². The SMILES string of the molecule is CC1CCN(C(=O)C(CCc2cccc([N+](=O)[O-])c2)N[S+]([O-])c2cccc3[nH]ccc23)CC1. The van der Waals surface area contributed by atoms with Gasteiger partial charge in [-0.15, -0.1) is 4.72 Å². The first-order chi connectivity index (χ1) is 15.9. The van der Waals surface area contributed by atoms with Crippen LogP contribution in [0.2, 0.25) is 0 Å². The number of hydrogen-bond acceptors (Lipinski definition) is 5. The van der Waals surface area contributed by atoms with Gasteiger partial charge >= 0.3 is 0 Å². The number of aromatic amines is 1. The molecule has 174 valence electrons.